The van der Waals surface area contributed by atoms with Gasteiger partial charge in [-0.25, -0.2) is 8.78 Å². The zero-order valence-electron chi connectivity index (χ0n) is 8.61. The van der Waals surface area contributed by atoms with Gasteiger partial charge in [0.2, 0.25) is 0 Å². The van der Waals surface area contributed by atoms with E-state index in [0.717, 1.165) is 6.92 Å². The van der Waals surface area contributed by atoms with E-state index in [-0.39, 0.29) is 6.07 Å². The molecule has 1 aromatic rings. The average Bonchev–Trinajstić information content (AvgIpc) is 2.13. The number of benzene rings is 1. The summed E-state index contributed by atoms with van der Waals surface area (Å²) in [4.78, 5) is 11.1. The number of carbonyl (C=O) groups is 1. The number of alkyl halides is 5. The van der Waals surface area contributed by atoms with Crippen molar-refractivity contribution in [3.05, 3.63) is 28.8 Å². The van der Waals surface area contributed by atoms with Gasteiger partial charge < -0.3 is 5.73 Å². The topological polar surface area (TPSA) is 43.1 Å². The molecule has 0 bridgehead atoms. The molecule has 0 radical (unpaired) electrons. The molecule has 1 aromatic carbocycles. The maximum Gasteiger partial charge on any atom is 0.416 e. The summed E-state index contributed by atoms with van der Waals surface area (Å²) in [5.74, 6) is -0.800. The summed E-state index contributed by atoms with van der Waals surface area (Å²) in [5.41, 5.74) is 1.76. The molecule has 0 amide bonds. The number of nitrogens with two attached hydrogens (primary N) is 1. The number of Topliss-reactive ketones (excluding diaryl/α,β-unsaturated/α-hetero) is 1. The minimum atomic E-state index is -4.78. The molecule has 0 saturated heterocycles. The summed E-state index contributed by atoms with van der Waals surface area (Å²) in [6.45, 7) is 0.963. The molecule has 0 aromatic heterocycles. The summed E-state index contributed by atoms with van der Waals surface area (Å²) in [6.07, 6.45) is -7.98. The molecule has 7 heteroatoms. The van der Waals surface area contributed by atoms with Crippen molar-refractivity contribution < 1.29 is 26.7 Å². The number of anilines is 1. The Morgan fingerprint density at radius 1 is 1.29 bits per heavy atom. The van der Waals surface area contributed by atoms with Crippen LogP contribution < -0.4 is 5.73 Å². The quantitative estimate of drug-likeness (QED) is 0.498. The zero-order chi connectivity index (χ0) is 13.4. The molecule has 0 aliphatic carbocycles. The minimum Gasteiger partial charge on any atom is -0.398 e. The molecule has 2 nitrogen and oxygen atoms in total. The van der Waals surface area contributed by atoms with Crippen molar-refractivity contribution in [1.29, 1.82) is 0 Å². The van der Waals surface area contributed by atoms with Gasteiger partial charge in [-0.15, -0.1) is 0 Å². The van der Waals surface area contributed by atoms with E-state index in [4.69, 9.17) is 5.73 Å². The smallest absolute Gasteiger partial charge is 0.398 e. The van der Waals surface area contributed by atoms with E-state index >= 15 is 0 Å². The summed E-state index contributed by atoms with van der Waals surface area (Å²) >= 11 is 0. The third-order valence-electron chi connectivity index (χ3n) is 2.11. The summed E-state index contributed by atoms with van der Waals surface area (Å²) in [5, 5.41) is 0. The highest BCUT2D eigenvalue weighted by Crippen LogP contribution is 2.36. The van der Waals surface area contributed by atoms with Gasteiger partial charge in [0.05, 0.1) is 5.56 Å². The maximum atomic E-state index is 12.6. The predicted molar refractivity (Wildman–Crippen MR) is 50.8 cm³/mol. The standard InChI is InChI=1S/C10H8F5NO/c1-4(17)8-6(9(11)12)2-5(3-7(8)16)10(13,14)15/h2-3,9H,16H2,1H3. The maximum absolute atomic E-state index is 12.6. The molecule has 1 rings (SSSR count). The van der Waals surface area contributed by atoms with Crippen molar-refractivity contribution in [1.82, 2.24) is 0 Å². The fourth-order valence-electron chi connectivity index (χ4n) is 1.43. The Kier molecular flexibility index (Phi) is 3.40. The van der Waals surface area contributed by atoms with Gasteiger partial charge in [-0.05, 0) is 19.1 Å². The van der Waals surface area contributed by atoms with Crippen LogP contribution in [0.15, 0.2) is 12.1 Å². The summed E-state index contributed by atoms with van der Waals surface area (Å²) in [7, 11) is 0. The van der Waals surface area contributed by atoms with Crippen LogP contribution in [-0.2, 0) is 6.18 Å². The lowest BCUT2D eigenvalue weighted by Crippen LogP contribution is -2.12. The number of hydrogen-bond acceptors (Lipinski definition) is 2. The number of ketones is 1. The summed E-state index contributed by atoms with van der Waals surface area (Å²) in [6, 6.07) is 0.723. The number of nitrogen functional groups attached to an aromatic ring is 1. The number of hydrogen-bond donors (Lipinski definition) is 1. The average molecular weight is 253 g/mol. The monoisotopic (exact) mass is 253 g/mol. The normalized spacial score (nSPS) is 11.9. The van der Waals surface area contributed by atoms with Gasteiger partial charge in [-0.3, -0.25) is 4.79 Å². The highest BCUT2D eigenvalue weighted by atomic mass is 19.4. The van der Waals surface area contributed by atoms with Gasteiger partial charge in [0.25, 0.3) is 6.43 Å². The first-order chi connectivity index (χ1) is 7.64. The van der Waals surface area contributed by atoms with Gasteiger partial charge >= 0.3 is 6.18 Å². The highest BCUT2D eigenvalue weighted by Gasteiger charge is 2.33. The van der Waals surface area contributed by atoms with Crippen LogP contribution in [-0.4, -0.2) is 5.78 Å². The van der Waals surface area contributed by atoms with Crippen LogP contribution in [0.25, 0.3) is 0 Å². The van der Waals surface area contributed by atoms with Crippen LogP contribution in [0.1, 0.15) is 34.8 Å². The molecule has 0 aliphatic rings. The molecule has 94 valence electrons. The second kappa shape index (κ2) is 4.31. The lowest BCUT2D eigenvalue weighted by Gasteiger charge is -2.14. The van der Waals surface area contributed by atoms with E-state index < -0.39 is 40.8 Å². The minimum absolute atomic E-state index is 0.248. The van der Waals surface area contributed by atoms with Gasteiger partial charge in [0.15, 0.2) is 5.78 Å². The van der Waals surface area contributed by atoms with E-state index in [1.54, 1.807) is 0 Å². The van der Waals surface area contributed by atoms with E-state index in [1.165, 1.54) is 0 Å². The molecule has 0 unspecified atom stereocenters. The molecule has 0 saturated carbocycles. The van der Waals surface area contributed by atoms with Crippen LogP contribution in [0, 0.1) is 0 Å². The van der Waals surface area contributed by atoms with Gasteiger partial charge in [-0.1, -0.05) is 0 Å². The van der Waals surface area contributed by atoms with Crippen molar-refractivity contribution in [3.63, 3.8) is 0 Å². The first-order valence-electron chi connectivity index (χ1n) is 4.44. The third kappa shape index (κ3) is 2.72. The summed E-state index contributed by atoms with van der Waals surface area (Å²) < 4.78 is 62.2. The fraction of sp³-hybridized carbons (Fsp3) is 0.300. The van der Waals surface area contributed by atoms with Crippen LogP contribution in [0.3, 0.4) is 0 Å². The van der Waals surface area contributed by atoms with E-state index in [0.29, 0.717) is 6.07 Å². The molecule has 0 aliphatic heterocycles. The SMILES string of the molecule is CC(=O)c1c(N)cc(C(F)(F)F)cc1C(F)F. The van der Waals surface area contributed by atoms with Gasteiger partial charge in [0, 0.05) is 16.8 Å². The molecule has 0 fully saturated rings. The molecule has 0 spiro atoms. The first kappa shape index (κ1) is 13.4. The molecule has 2 N–H and O–H groups in total. The molecular weight excluding hydrogens is 245 g/mol. The lowest BCUT2D eigenvalue weighted by molar-refractivity contribution is -0.137. The van der Waals surface area contributed by atoms with Crippen molar-refractivity contribution in [3.8, 4) is 0 Å². The van der Waals surface area contributed by atoms with Gasteiger partial charge in [-0.2, -0.15) is 13.2 Å². The number of halogens is 5. The Balaban J connectivity index is 3.52. The van der Waals surface area contributed by atoms with Crippen LogP contribution >= 0.6 is 0 Å². The second-order valence-electron chi connectivity index (χ2n) is 3.38. The van der Waals surface area contributed by atoms with Crippen molar-refractivity contribution in [2.45, 2.75) is 19.5 Å². The predicted octanol–water partition coefficient (Wildman–Crippen LogP) is 3.43. The largest absolute Gasteiger partial charge is 0.416 e. The lowest BCUT2D eigenvalue weighted by atomic mass is 9.99. The van der Waals surface area contributed by atoms with Gasteiger partial charge in [0.1, 0.15) is 0 Å². The Morgan fingerprint density at radius 3 is 2.18 bits per heavy atom. The van der Waals surface area contributed by atoms with Crippen molar-refractivity contribution in [2.75, 3.05) is 5.73 Å². The number of carbonyl (C=O) groups excluding carboxylic acids is 1. The van der Waals surface area contributed by atoms with Crippen LogP contribution in [0.2, 0.25) is 0 Å². The Bertz CT molecular complexity index is 453. The molecule has 17 heavy (non-hydrogen) atoms. The van der Waals surface area contributed by atoms with E-state index in [2.05, 4.69) is 0 Å². The van der Waals surface area contributed by atoms with E-state index in [1.807, 2.05) is 0 Å². The second-order valence-corrected chi connectivity index (χ2v) is 3.38. The van der Waals surface area contributed by atoms with Crippen molar-refractivity contribution >= 4 is 11.5 Å². The Labute approximate surface area is 93.2 Å². The van der Waals surface area contributed by atoms with Crippen LogP contribution in [0.4, 0.5) is 27.6 Å². The Morgan fingerprint density at radius 2 is 1.82 bits per heavy atom. The van der Waals surface area contributed by atoms with Crippen LogP contribution in [0.5, 0.6) is 0 Å². The Hall–Kier alpha value is -1.66. The van der Waals surface area contributed by atoms with E-state index in [9.17, 15) is 26.7 Å². The molecule has 0 atom stereocenters. The number of rotatable bonds is 2. The first-order valence-corrected chi connectivity index (χ1v) is 4.44. The van der Waals surface area contributed by atoms with Crippen molar-refractivity contribution in [2.24, 2.45) is 0 Å². The molecule has 0 heterocycles. The highest BCUT2D eigenvalue weighted by molar-refractivity contribution is 6.00. The fourth-order valence-corrected chi connectivity index (χ4v) is 1.43. The molecular formula is C10H8F5NO. The zero-order valence-corrected chi connectivity index (χ0v) is 8.61. The third-order valence-corrected chi connectivity index (χ3v) is 2.11.